The van der Waals surface area contributed by atoms with Gasteiger partial charge in [0.05, 0.1) is 5.29 Å². The minimum absolute atomic E-state index is 0.213. The molecule has 0 aliphatic carbocycles. The van der Waals surface area contributed by atoms with Crippen molar-refractivity contribution in [3.63, 3.8) is 0 Å². The molecule has 0 radical (unpaired) electrons. The lowest BCUT2D eigenvalue weighted by Crippen LogP contribution is -2.15. The summed E-state index contributed by atoms with van der Waals surface area (Å²) in [5, 5.41) is 2.26. The van der Waals surface area contributed by atoms with Gasteiger partial charge in [-0.2, -0.15) is 0 Å². The van der Waals surface area contributed by atoms with Gasteiger partial charge in [0, 0.05) is 5.57 Å². The maximum atomic E-state index is 10.5. The molecule has 0 rings (SSSR count). The third-order valence-corrected chi connectivity index (χ3v) is 0.681. The van der Waals surface area contributed by atoms with Crippen molar-refractivity contribution in [2.45, 2.75) is 6.92 Å². The summed E-state index contributed by atoms with van der Waals surface area (Å²) in [7, 11) is 0. The van der Waals surface area contributed by atoms with Crippen LogP contribution in [0.3, 0.4) is 0 Å². The summed E-state index contributed by atoms with van der Waals surface area (Å²) < 4.78 is 4.40. The van der Waals surface area contributed by atoms with E-state index in [9.17, 15) is 9.70 Å². The number of rotatable bonds is 4. The van der Waals surface area contributed by atoms with Crippen molar-refractivity contribution in [2.24, 2.45) is 5.29 Å². The highest BCUT2D eigenvalue weighted by Crippen LogP contribution is 1.89. The van der Waals surface area contributed by atoms with E-state index < -0.39 is 5.97 Å². The molecule has 5 nitrogen and oxygen atoms in total. The molecule has 0 aromatic carbocycles. The van der Waals surface area contributed by atoms with Gasteiger partial charge in [-0.05, 0) is 6.92 Å². The van der Waals surface area contributed by atoms with Crippen molar-refractivity contribution in [3.8, 4) is 0 Å². The van der Waals surface area contributed by atoms with Crippen LogP contribution in [0.25, 0.3) is 0 Å². The molecule has 5 heteroatoms. The van der Waals surface area contributed by atoms with Crippen molar-refractivity contribution in [1.82, 2.24) is 5.43 Å². The van der Waals surface area contributed by atoms with Gasteiger partial charge in [0.1, 0.15) is 0 Å². The lowest BCUT2D eigenvalue weighted by molar-refractivity contribution is -0.139. The van der Waals surface area contributed by atoms with Crippen molar-refractivity contribution in [2.75, 3.05) is 6.73 Å². The van der Waals surface area contributed by atoms with Crippen LogP contribution in [-0.2, 0) is 9.53 Å². The molecule has 0 saturated heterocycles. The van der Waals surface area contributed by atoms with Gasteiger partial charge in [-0.25, -0.2) is 10.2 Å². The molecule has 0 amide bonds. The van der Waals surface area contributed by atoms with Gasteiger partial charge < -0.3 is 4.74 Å². The monoisotopic (exact) mass is 144 g/mol. The second-order valence-corrected chi connectivity index (χ2v) is 1.61. The maximum absolute atomic E-state index is 10.5. The molecule has 10 heavy (non-hydrogen) atoms. The summed E-state index contributed by atoms with van der Waals surface area (Å²) in [6.07, 6.45) is 0. The predicted octanol–water partition coefficient (Wildman–Crippen LogP) is 0.334. The minimum Gasteiger partial charge on any atom is -0.440 e. The number of carbonyl (C=O) groups is 1. The van der Waals surface area contributed by atoms with Gasteiger partial charge in [-0.3, -0.25) is 0 Å². The van der Waals surface area contributed by atoms with Crippen LogP contribution in [0.2, 0.25) is 0 Å². The Morgan fingerprint density at radius 2 is 2.40 bits per heavy atom. The first-order valence-corrected chi connectivity index (χ1v) is 2.56. The normalized spacial score (nSPS) is 8.10. The van der Waals surface area contributed by atoms with Crippen molar-refractivity contribution >= 4 is 5.97 Å². The Kier molecular flexibility index (Phi) is 3.86. The van der Waals surface area contributed by atoms with Crippen LogP contribution >= 0.6 is 0 Å². The molecule has 1 N–H and O–H groups in total. The minimum atomic E-state index is -0.545. The summed E-state index contributed by atoms with van der Waals surface area (Å²) in [4.78, 5) is 19.9. The molecule has 0 aromatic rings. The Morgan fingerprint density at radius 3 is 2.80 bits per heavy atom. The van der Waals surface area contributed by atoms with E-state index >= 15 is 0 Å². The molecule has 0 aromatic heterocycles. The zero-order valence-electron chi connectivity index (χ0n) is 5.59. The summed E-state index contributed by atoms with van der Waals surface area (Å²) in [6, 6.07) is 0. The zero-order chi connectivity index (χ0) is 7.98. The first-order chi connectivity index (χ1) is 4.68. The van der Waals surface area contributed by atoms with Gasteiger partial charge >= 0.3 is 5.97 Å². The smallest absolute Gasteiger partial charge is 0.334 e. The van der Waals surface area contributed by atoms with Crippen LogP contribution < -0.4 is 5.43 Å². The molecule has 0 fully saturated rings. The van der Waals surface area contributed by atoms with Gasteiger partial charge in [-0.1, -0.05) is 6.58 Å². The lowest BCUT2D eigenvalue weighted by Gasteiger charge is -1.99. The Hall–Kier alpha value is -1.39. The van der Waals surface area contributed by atoms with Crippen LogP contribution in [0.15, 0.2) is 17.4 Å². The Bertz CT molecular complexity index is 155. The largest absolute Gasteiger partial charge is 0.440 e. The zero-order valence-corrected chi connectivity index (χ0v) is 5.59. The van der Waals surface area contributed by atoms with Crippen LogP contribution in [0.5, 0.6) is 0 Å². The molecular formula is C5H8N2O3. The molecule has 0 saturated carbocycles. The number of esters is 1. The van der Waals surface area contributed by atoms with Crippen LogP contribution in [0, 0.1) is 4.91 Å². The highest BCUT2D eigenvalue weighted by atomic mass is 16.5. The summed E-state index contributed by atoms with van der Waals surface area (Å²) >= 11 is 0. The first-order valence-electron chi connectivity index (χ1n) is 2.56. The fourth-order valence-electron chi connectivity index (χ4n) is 0.247. The maximum Gasteiger partial charge on any atom is 0.334 e. The quantitative estimate of drug-likeness (QED) is 0.154. The van der Waals surface area contributed by atoms with E-state index in [4.69, 9.17) is 0 Å². The van der Waals surface area contributed by atoms with Crippen molar-refractivity contribution < 1.29 is 9.53 Å². The van der Waals surface area contributed by atoms with Crippen molar-refractivity contribution in [1.29, 1.82) is 0 Å². The van der Waals surface area contributed by atoms with Crippen LogP contribution in [0.4, 0.5) is 0 Å². The van der Waals surface area contributed by atoms with E-state index in [1.807, 2.05) is 5.43 Å². The molecule has 56 valence electrons. The van der Waals surface area contributed by atoms with E-state index in [0.29, 0.717) is 0 Å². The predicted molar refractivity (Wildman–Crippen MR) is 34.7 cm³/mol. The molecule has 0 aliphatic heterocycles. The Balaban J connectivity index is 3.40. The molecular weight excluding hydrogens is 136 g/mol. The number of hydrogen-bond acceptors (Lipinski definition) is 4. The van der Waals surface area contributed by atoms with Gasteiger partial charge in [0.25, 0.3) is 0 Å². The summed E-state index contributed by atoms with van der Waals surface area (Å²) in [5.41, 5.74) is 2.20. The molecule has 0 bridgehead atoms. The average Bonchev–Trinajstić information content (AvgIpc) is 1.88. The fraction of sp³-hybridized carbons (Fsp3) is 0.400. The van der Waals surface area contributed by atoms with Crippen molar-refractivity contribution in [3.05, 3.63) is 17.1 Å². The topological polar surface area (TPSA) is 67.8 Å². The van der Waals surface area contributed by atoms with E-state index in [0.717, 1.165) is 0 Å². The third kappa shape index (κ3) is 3.59. The standard InChI is InChI=1S/C5H8N2O3/c1-4(2)5(8)10-3-6-7-9/h1,3H2,2H3,(H,6,9). The summed E-state index contributed by atoms with van der Waals surface area (Å²) in [5.74, 6) is -0.545. The third-order valence-electron chi connectivity index (χ3n) is 0.681. The van der Waals surface area contributed by atoms with Gasteiger partial charge in [0.15, 0.2) is 6.73 Å². The van der Waals surface area contributed by atoms with Crippen LogP contribution in [-0.4, -0.2) is 12.7 Å². The molecule has 0 atom stereocenters. The molecule has 0 heterocycles. The molecule has 0 unspecified atom stereocenters. The second kappa shape index (κ2) is 4.49. The summed E-state index contributed by atoms with van der Waals surface area (Å²) in [6.45, 7) is 4.62. The number of nitroso groups, excluding NO2 is 1. The Morgan fingerprint density at radius 1 is 1.80 bits per heavy atom. The van der Waals surface area contributed by atoms with E-state index in [-0.39, 0.29) is 12.3 Å². The number of carbonyl (C=O) groups excluding carboxylic acids is 1. The SMILES string of the molecule is C=C(C)C(=O)OCNN=O. The first kappa shape index (κ1) is 8.61. The fourth-order valence-corrected chi connectivity index (χ4v) is 0.247. The number of nitrogens with one attached hydrogen (secondary N) is 1. The van der Waals surface area contributed by atoms with Crippen LogP contribution in [0.1, 0.15) is 6.92 Å². The molecule has 0 spiro atoms. The second-order valence-electron chi connectivity index (χ2n) is 1.61. The van der Waals surface area contributed by atoms with E-state index in [2.05, 4.69) is 16.6 Å². The average molecular weight is 144 g/mol. The van der Waals surface area contributed by atoms with E-state index in [1.165, 1.54) is 6.92 Å². The van der Waals surface area contributed by atoms with Gasteiger partial charge in [0.2, 0.25) is 0 Å². The number of ether oxygens (including phenoxy) is 1. The lowest BCUT2D eigenvalue weighted by atomic mass is 10.4. The van der Waals surface area contributed by atoms with E-state index in [1.54, 1.807) is 0 Å². The Labute approximate surface area is 58.0 Å². The highest BCUT2D eigenvalue weighted by Gasteiger charge is 2.00. The number of nitrogens with zero attached hydrogens (tertiary/aromatic N) is 1. The van der Waals surface area contributed by atoms with Gasteiger partial charge in [-0.15, -0.1) is 4.91 Å². The molecule has 0 aliphatic rings. The highest BCUT2D eigenvalue weighted by molar-refractivity contribution is 5.86. The number of hydrogen-bond donors (Lipinski definition) is 1.